The van der Waals surface area contributed by atoms with Gasteiger partial charge in [-0.15, -0.1) is 0 Å². The number of hydrogen-bond acceptors (Lipinski definition) is 2. The van der Waals surface area contributed by atoms with Gasteiger partial charge in [0.15, 0.2) is 0 Å². The number of nitrogens with two attached hydrogens (primary N) is 1. The summed E-state index contributed by atoms with van der Waals surface area (Å²) in [5.41, 5.74) is 7.23. The number of hydrogen-bond donors (Lipinski definition) is 1. The lowest BCUT2D eigenvalue weighted by Crippen LogP contribution is -2.25. The molecule has 0 aromatic carbocycles. The molecular formula is C14H24N2O. The third-order valence-electron chi connectivity index (χ3n) is 3.41. The molecule has 2 heterocycles. The van der Waals surface area contributed by atoms with Crippen LogP contribution < -0.4 is 5.73 Å². The second-order valence-electron chi connectivity index (χ2n) is 5.87. The lowest BCUT2D eigenvalue weighted by atomic mass is 10.1. The van der Waals surface area contributed by atoms with Gasteiger partial charge in [-0.3, -0.25) is 0 Å². The quantitative estimate of drug-likeness (QED) is 0.871. The van der Waals surface area contributed by atoms with Gasteiger partial charge in [0, 0.05) is 30.9 Å². The monoisotopic (exact) mass is 236 g/mol. The second-order valence-corrected chi connectivity index (χ2v) is 5.87. The summed E-state index contributed by atoms with van der Waals surface area (Å²) in [6.45, 7) is 7.35. The van der Waals surface area contributed by atoms with E-state index >= 15 is 0 Å². The molecule has 0 bridgehead atoms. The molecule has 2 unspecified atom stereocenters. The Hall–Kier alpha value is -0.800. The van der Waals surface area contributed by atoms with E-state index in [1.165, 1.54) is 5.69 Å². The molecule has 3 nitrogen and oxygen atoms in total. The van der Waals surface area contributed by atoms with Crippen LogP contribution in [0.5, 0.6) is 0 Å². The van der Waals surface area contributed by atoms with Crippen molar-refractivity contribution >= 4 is 0 Å². The maximum absolute atomic E-state index is 6.03. The normalized spacial score (nSPS) is 25.1. The molecule has 1 fully saturated rings. The van der Waals surface area contributed by atoms with Crippen LogP contribution in [0.2, 0.25) is 0 Å². The SMILES string of the molecule is CC(N)Cc1cccn1CC1CCC(C)(C)O1. The molecule has 1 saturated heterocycles. The zero-order valence-electron chi connectivity index (χ0n) is 11.1. The Balaban J connectivity index is 1.97. The molecule has 2 N–H and O–H groups in total. The Bertz CT molecular complexity index is 368. The standard InChI is InChI=1S/C14H24N2O/c1-11(15)9-12-5-4-8-16(12)10-13-6-7-14(2,3)17-13/h4-5,8,11,13H,6-7,9-10,15H2,1-3H3. The van der Waals surface area contributed by atoms with Gasteiger partial charge in [-0.2, -0.15) is 0 Å². The van der Waals surface area contributed by atoms with Gasteiger partial charge in [0.05, 0.1) is 11.7 Å². The van der Waals surface area contributed by atoms with E-state index in [9.17, 15) is 0 Å². The van der Waals surface area contributed by atoms with E-state index in [1.807, 2.05) is 6.92 Å². The first-order chi connectivity index (χ1) is 7.96. The third-order valence-corrected chi connectivity index (χ3v) is 3.41. The lowest BCUT2D eigenvalue weighted by Gasteiger charge is -2.20. The third kappa shape index (κ3) is 3.33. The summed E-state index contributed by atoms with van der Waals surface area (Å²) < 4.78 is 8.32. The first kappa shape index (κ1) is 12.7. The van der Waals surface area contributed by atoms with Gasteiger partial charge in [-0.1, -0.05) is 0 Å². The molecule has 1 aromatic rings. The molecule has 0 aliphatic carbocycles. The summed E-state index contributed by atoms with van der Waals surface area (Å²) in [7, 11) is 0. The molecule has 96 valence electrons. The highest BCUT2D eigenvalue weighted by Crippen LogP contribution is 2.30. The summed E-state index contributed by atoms with van der Waals surface area (Å²) in [6.07, 6.45) is 5.73. The second kappa shape index (κ2) is 4.83. The van der Waals surface area contributed by atoms with Crippen molar-refractivity contribution in [3.05, 3.63) is 24.0 Å². The topological polar surface area (TPSA) is 40.2 Å². The van der Waals surface area contributed by atoms with Crippen LogP contribution in [0, 0.1) is 0 Å². The van der Waals surface area contributed by atoms with E-state index in [2.05, 4.69) is 36.7 Å². The first-order valence-corrected chi connectivity index (χ1v) is 6.54. The van der Waals surface area contributed by atoms with Gasteiger partial charge < -0.3 is 15.0 Å². The van der Waals surface area contributed by atoms with Gasteiger partial charge in [-0.25, -0.2) is 0 Å². The minimum Gasteiger partial charge on any atom is -0.370 e. The fraction of sp³-hybridized carbons (Fsp3) is 0.714. The van der Waals surface area contributed by atoms with Crippen LogP contribution in [-0.4, -0.2) is 22.3 Å². The molecule has 3 heteroatoms. The van der Waals surface area contributed by atoms with Gasteiger partial charge in [0.1, 0.15) is 0 Å². The Morgan fingerprint density at radius 2 is 2.35 bits per heavy atom. The van der Waals surface area contributed by atoms with Crippen LogP contribution >= 0.6 is 0 Å². The average Bonchev–Trinajstić information content (AvgIpc) is 2.74. The predicted molar refractivity (Wildman–Crippen MR) is 70.0 cm³/mol. The summed E-state index contributed by atoms with van der Waals surface area (Å²) in [5.74, 6) is 0. The molecule has 0 spiro atoms. The largest absolute Gasteiger partial charge is 0.370 e. The van der Waals surface area contributed by atoms with Crippen molar-refractivity contribution in [2.75, 3.05) is 0 Å². The van der Waals surface area contributed by atoms with Crippen molar-refractivity contribution < 1.29 is 4.74 Å². The number of aromatic nitrogens is 1. The molecule has 1 aliphatic heterocycles. The van der Waals surface area contributed by atoms with E-state index in [4.69, 9.17) is 10.5 Å². The minimum absolute atomic E-state index is 0.0547. The van der Waals surface area contributed by atoms with Crippen molar-refractivity contribution in [3.63, 3.8) is 0 Å². The van der Waals surface area contributed by atoms with Crippen molar-refractivity contribution in [2.45, 2.75) is 64.3 Å². The highest BCUT2D eigenvalue weighted by Gasteiger charge is 2.31. The molecular weight excluding hydrogens is 212 g/mol. The highest BCUT2D eigenvalue weighted by atomic mass is 16.5. The Morgan fingerprint density at radius 3 is 2.94 bits per heavy atom. The van der Waals surface area contributed by atoms with Gasteiger partial charge in [0.2, 0.25) is 0 Å². The van der Waals surface area contributed by atoms with E-state index < -0.39 is 0 Å². The van der Waals surface area contributed by atoms with Crippen LogP contribution in [0.3, 0.4) is 0 Å². The number of ether oxygens (including phenoxy) is 1. The molecule has 0 radical (unpaired) electrons. The summed E-state index contributed by atoms with van der Waals surface area (Å²) in [5, 5.41) is 0. The van der Waals surface area contributed by atoms with Crippen molar-refractivity contribution in [2.24, 2.45) is 5.73 Å². The molecule has 2 rings (SSSR count). The van der Waals surface area contributed by atoms with E-state index in [-0.39, 0.29) is 11.6 Å². The molecule has 0 saturated carbocycles. The van der Waals surface area contributed by atoms with Crippen LogP contribution in [0.25, 0.3) is 0 Å². The molecule has 1 aromatic heterocycles. The van der Waals surface area contributed by atoms with E-state index in [0.717, 1.165) is 25.8 Å². The Morgan fingerprint density at radius 1 is 1.59 bits per heavy atom. The molecule has 2 atom stereocenters. The van der Waals surface area contributed by atoms with Gasteiger partial charge >= 0.3 is 0 Å². The van der Waals surface area contributed by atoms with Crippen LogP contribution in [0.1, 0.15) is 39.3 Å². The zero-order valence-corrected chi connectivity index (χ0v) is 11.1. The summed E-state index contributed by atoms with van der Waals surface area (Å²) in [6, 6.07) is 4.46. The average molecular weight is 236 g/mol. The minimum atomic E-state index is 0.0547. The Labute approximate surface area is 104 Å². The highest BCUT2D eigenvalue weighted by molar-refractivity contribution is 5.09. The summed E-state index contributed by atoms with van der Waals surface area (Å²) in [4.78, 5) is 0. The molecule has 17 heavy (non-hydrogen) atoms. The molecule has 1 aliphatic rings. The number of rotatable bonds is 4. The summed E-state index contributed by atoms with van der Waals surface area (Å²) >= 11 is 0. The predicted octanol–water partition coefficient (Wildman–Crippen LogP) is 2.34. The van der Waals surface area contributed by atoms with Crippen LogP contribution in [-0.2, 0) is 17.7 Å². The van der Waals surface area contributed by atoms with Crippen molar-refractivity contribution in [3.8, 4) is 0 Å². The molecule has 0 amide bonds. The maximum atomic E-state index is 6.03. The fourth-order valence-electron chi connectivity index (χ4n) is 2.57. The lowest BCUT2D eigenvalue weighted by molar-refractivity contribution is -0.0219. The fourth-order valence-corrected chi connectivity index (χ4v) is 2.57. The van der Waals surface area contributed by atoms with Gasteiger partial charge in [-0.05, 0) is 45.7 Å². The van der Waals surface area contributed by atoms with Gasteiger partial charge in [0.25, 0.3) is 0 Å². The Kier molecular flexibility index (Phi) is 3.59. The smallest absolute Gasteiger partial charge is 0.0762 e. The number of nitrogens with zero attached hydrogens (tertiary/aromatic N) is 1. The van der Waals surface area contributed by atoms with E-state index in [1.54, 1.807) is 0 Å². The van der Waals surface area contributed by atoms with Crippen LogP contribution in [0.15, 0.2) is 18.3 Å². The van der Waals surface area contributed by atoms with Crippen LogP contribution in [0.4, 0.5) is 0 Å². The van der Waals surface area contributed by atoms with Crippen molar-refractivity contribution in [1.82, 2.24) is 4.57 Å². The maximum Gasteiger partial charge on any atom is 0.0762 e. The zero-order chi connectivity index (χ0) is 12.5. The van der Waals surface area contributed by atoms with Crippen molar-refractivity contribution in [1.29, 1.82) is 0 Å². The van der Waals surface area contributed by atoms with E-state index in [0.29, 0.717) is 6.10 Å². The first-order valence-electron chi connectivity index (χ1n) is 6.54.